The molecule has 0 aromatic heterocycles. The van der Waals surface area contributed by atoms with Crippen molar-refractivity contribution in [2.45, 2.75) is 25.8 Å². The molecule has 96 valence electrons. The molecule has 1 rings (SSSR count). The molecular formula is C12H18ClFN2O. The topological polar surface area (TPSA) is 55.1 Å². The SMILES string of the molecule is CC(N)CCNC(=O)Cc1ccc(F)cc1.Cl. The van der Waals surface area contributed by atoms with Crippen LogP contribution in [0.1, 0.15) is 18.9 Å². The van der Waals surface area contributed by atoms with Crippen LogP contribution in [0.25, 0.3) is 0 Å². The average molecular weight is 261 g/mol. The lowest BCUT2D eigenvalue weighted by Crippen LogP contribution is -2.29. The highest BCUT2D eigenvalue weighted by Crippen LogP contribution is 2.03. The van der Waals surface area contributed by atoms with Crippen LogP contribution in [0.3, 0.4) is 0 Å². The summed E-state index contributed by atoms with van der Waals surface area (Å²) in [6.07, 6.45) is 1.04. The van der Waals surface area contributed by atoms with E-state index in [-0.39, 0.29) is 36.6 Å². The third-order valence-electron chi connectivity index (χ3n) is 2.20. The van der Waals surface area contributed by atoms with Crippen molar-refractivity contribution < 1.29 is 9.18 Å². The first-order valence-corrected chi connectivity index (χ1v) is 5.34. The van der Waals surface area contributed by atoms with Gasteiger partial charge >= 0.3 is 0 Å². The van der Waals surface area contributed by atoms with Gasteiger partial charge in [-0.2, -0.15) is 0 Å². The molecule has 0 saturated heterocycles. The fourth-order valence-electron chi connectivity index (χ4n) is 1.29. The van der Waals surface area contributed by atoms with E-state index in [1.165, 1.54) is 12.1 Å². The second-order valence-electron chi connectivity index (χ2n) is 3.92. The molecule has 3 N–H and O–H groups in total. The molecule has 0 spiro atoms. The van der Waals surface area contributed by atoms with Gasteiger partial charge in [-0.05, 0) is 31.0 Å². The minimum Gasteiger partial charge on any atom is -0.356 e. The van der Waals surface area contributed by atoms with Crippen molar-refractivity contribution >= 4 is 18.3 Å². The number of nitrogens with two attached hydrogens (primary N) is 1. The molecule has 1 aromatic carbocycles. The Morgan fingerprint density at radius 2 is 2.00 bits per heavy atom. The zero-order chi connectivity index (χ0) is 12.0. The highest BCUT2D eigenvalue weighted by Gasteiger charge is 2.03. The molecule has 0 heterocycles. The van der Waals surface area contributed by atoms with Crippen LogP contribution in [-0.4, -0.2) is 18.5 Å². The van der Waals surface area contributed by atoms with Crippen molar-refractivity contribution in [3.63, 3.8) is 0 Å². The summed E-state index contributed by atoms with van der Waals surface area (Å²) in [7, 11) is 0. The van der Waals surface area contributed by atoms with Gasteiger partial charge in [0.2, 0.25) is 5.91 Å². The van der Waals surface area contributed by atoms with Gasteiger partial charge in [-0.15, -0.1) is 12.4 Å². The summed E-state index contributed by atoms with van der Waals surface area (Å²) in [4.78, 5) is 11.4. The molecule has 1 amide bonds. The predicted molar refractivity (Wildman–Crippen MR) is 68.6 cm³/mol. The fraction of sp³-hybridized carbons (Fsp3) is 0.417. The first-order chi connectivity index (χ1) is 7.58. The third-order valence-corrected chi connectivity index (χ3v) is 2.20. The number of nitrogens with one attached hydrogen (secondary N) is 1. The Bertz CT molecular complexity index is 341. The fourth-order valence-corrected chi connectivity index (χ4v) is 1.29. The van der Waals surface area contributed by atoms with Gasteiger partial charge in [0.15, 0.2) is 0 Å². The van der Waals surface area contributed by atoms with E-state index in [1.807, 2.05) is 6.92 Å². The number of hydrogen-bond acceptors (Lipinski definition) is 2. The molecule has 1 aromatic rings. The van der Waals surface area contributed by atoms with Gasteiger partial charge in [0.1, 0.15) is 5.82 Å². The van der Waals surface area contributed by atoms with E-state index >= 15 is 0 Å². The number of benzene rings is 1. The van der Waals surface area contributed by atoms with Crippen LogP contribution < -0.4 is 11.1 Å². The number of carbonyl (C=O) groups is 1. The molecular weight excluding hydrogens is 243 g/mol. The summed E-state index contributed by atoms with van der Waals surface area (Å²) in [6, 6.07) is 6.02. The number of halogens is 2. The van der Waals surface area contributed by atoms with Gasteiger partial charge in [0.05, 0.1) is 6.42 Å². The maximum Gasteiger partial charge on any atom is 0.224 e. The van der Waals surface area contributed by atoms with Gasteiger partial charge < -0.3 is 11.1 Å². The second-order valence-corrected chi connectivity index (χ2v) is 3.92. The Balaban J connectivity index is 0.00000256. The maximum atomic E-state index is 12.6. The van der Waals surface area contributed by atoms with Crippen molar-refractivity contribution in [2.24, 2.45) is 5.73 Å². The van der Waals surface area contributed by atoms with Crippen LogP contribution in [-0.2, 0) is 11.2 Å². The van der Waals surface area contributed by atoms with E-state index in [0.29, 0.717) is 6.54 Å². The number of hydrogen-bond donors (Lipinski definition) is 2. The van der Waals surface area contributed by atoms with Crippen molar-refractivity contribution in [1.29, 1.82) is 0 Å². The predicted octanol–water partition coefficient (Wildman–Crippen LogP) is 1.64. The molecule has 0 aliphatic rings. The maximum absolute atomic E-state index is 12.6. The Labute approximate surface area is 107 Å². The second kappa shape index (κ2) is 8.03. The quantitative estimate of drug-likeness (QED) is 0.846. The van der Waals surface area contributed by atoms with E-state index < -0.39 is 0 Å². The smallest absolute Gasteiger partial charge is 0.224 e. The molecule has 0 radical (unpaired) electrons. The van der Waals surface area contributed by atoms with Crippen LogP contribution in [0.2, 0.25) is 0 Å². The van der Waals surface area contributed by atoms with Crippen LogP contribution >= 0.6 is 12.4 Å². The van der Waals surface area contributed by atoms with Crippen LogP contribution in [0.5, 0.6) is 0 Å². The Morgan fingerprint density at radius 3 is 2.53 bits per heavy atom. The number of carbonyl (C=O) groups excluding carboxylic acids is 1. The molecule has 0 saturated carbocycles. The Kier molecular flexibility index (Phi) is 7.50. The van der Waals surface area contributed by atoms with Gasteiger partial charge in [-0.25, -0.2) is 4.39 Å². The molecule has 1 atom stereocenters. The molecule has 5 heteroatoms. The van der Waals surface area contributed by atoms with E-state index in [9.17, 15) is 9.18 Å². The Hall–Kier alpha value is -1.13. The summed E-state index contributed by atoms with van der Waals surface area (Å²) in [5, 5.41) is 2.76. The van der Waals surface area contributed by atoms with Gasteiger partial charge in [0, 0.05) is 12.6 Å². The number of amides is 1. The molecule has 0 aliphatic carbocycles. The van der Waals surface area contributed by atoms with Gasteiger partial charge in [-0.3, -0.25) is 4.79 Å². The molecule has 0 fully saturated rings. The molecule has 3 nitrogen and oxygen atoms in total. The van der Waals surface area contributed by atoms with Gasteiger partial charge in [-0.1, -0.05) is 12.1 Å². The van der Waals surface area contributed by atoms with E-state index in [1.54, 1.807) is 12.1 Å². The van der Waals surface area contributed by atoms with Crippen molar-refractivity contribution in [2.75, 3.05) is 6.54 Å². The zero-order valence-electron chi connectivity index (χ0n) is 9.78. The summed E-state index contributed by atoms with van der Waals surface area (Å²) in [5.74, 6) is -0.353. The molecule has 0 bridgehead atoms. The third kappa shape index (κ3) is 6.92. The monoisotopic (exact) mass is 260 g/mol. The standard InChI is InChI=1S/C12H17FN2O.ClH/c1-9(14)6-7-15-12(16)8-10-2-4-11(13)5-3-10;/h2-5,9H,6-8,14H2,1H3,(H,15,16);1H. The minimum atomic E-state index is -0.291. The highest BCUT2D eigenvalue weighted by molar-refractivity contribution is 5.85. The lowest BCUT2D eigenvalue weighted by Gasteiger charge is -2.07. The molecule has 0 aliphatic heterocycles. The van der Waals surface area contributed by atoms with E-state index in [0.717, 1.165) is 12.0 Å². The Morgan fingerprint density at radius 1 is 1.41 bits per heavy atom. The first-order valence-electron chi connectivity index (χ1n) is 5.34. The number of rotatable bonds is 5. The summed E-state index contributed by atoms with van der Waals surface area (Å²) in [5.41, 5.74) is 6.36. The van der Waals surface area contributed by atoms with Crippen molar-refractivity contribution in [1.82, 2.24) is 5.32 Å². The minimum absolute atomic E-state index is 0. The first kappa shape index (κ1) is 15.9. The summed E-state index contributed by atoms with van der Waals surface area (Å²) >= 11 is 0. The van der Waals surface area contributed by atoms with Crippen LogP contribution in [0.15, 0.2) is 24.3 Å². The van der Waals surface area contributed by atoms with Crippen molar-refractivity contribution in [3.8, 4) is 0 Å². The van der Waals surface area contributed by atoms with E-state index in [2.05, 4.69) is 5.32 Å². The van der Waals surface area contributed by atoms with E-state index in [4.69, 9.17) is 5.73 Å². The highest BCUT2D eigenvalue weighted by atomic mass is 35.5. The van der Waals surface area contributed by atoms with Crippen molar-refractivity contribution in [3.05, 3.63) is 35.6 Å². The largest absolute Gasteiger partial charge is 0.356 e. The lowest BCUT2D eigenvalue weighted by atomic mass is 10.1. The summed E-state index contributed by atoms with van der Waals surface area (Å²) in [6.45, 7) is 2.48. The lowest BCUT2D eigenvalue weighted by molar-refractivity contribution is -0.120. The molecule has 1 unspecified atom stereocenters. The summed E-state index contributed by atoms with van der Waals surface area (Å²) < 4.78 is 12.6. The van der Waals surface area contributed by atoms with Gasteiger partial charge in [0.25, 0.3) is 0 Å². The molecule has 17 heavy (non-hydrogen) atoms. The zero-order valence-corrected chi connectivity index (χ0v) is 10.6. The van der Waals surface area contributed by atoms with Crippen LogP contribution in [0.4, 0.5) is 4.39 Å². The van der Waals surface area contributed by atoms with Crippen LogP contribution in [0, 0.1) is 5.82 Å². The normalized spacial score (nSPS) is 11.5. The average Bonchev–Trinajstić information content (AvgIpc) is 2.21.